The Labute approximate surface area is 136 Å². The minimum Gasteiger partial charge on any atom is -0.444 e. The Bertz CT molecular complexity index is 535. The summed E-state index contributed by atoms with van der Waals surface area (Å²) in [6.07, 6.45) is 0.667. The van der Waals surface area contributed by atoms with Crippen molar-refractivity contribution in [1.29, 1.82) is 0 Å². The molecule has 1 fully saturated rings. The normalized spacial score (nSPS) is 22.6. The Kier molecular flexibility index (Phi) is 5.01. The third-order valence-electron chi connectivity index (χ3n) is 3.76. The molecular weight excluding hydrogens is 301 g/mol. The molecule has 0 radical (unpaired) electrons. The number of nitrogens with two attached hydrogens (primary N) is 1. The Morgan fingerprint density at radius 1 is 1.43 bits per heavy atom. The van der Waals surface area contributed by atoms with Gasteiger partial charge in [0, 0.05) is 20.1 Å². The number of hydrogen-bond acceptors (Lipinski definition) is 5. The summed E-state index contributed by atoms with van der Waals surface area (Å²) in [6, 6.07) is -0.565. The van der Waals surface area contributed by atoms with Crippen LogP contribution in [0, 0.1) is 0 Å². The predicted octanol–water partition coefficient (Wildman–Crippen LogP) is 1.83. The van der Waals surface area contributed by atoms with Crippen molar-refractivity contribution in [3.63, 3.8) is 0 Å². The molecule has 0 aliphatic carbocycles. The number of aryl methyl sites for hydroxylation is 1. The van der Waals surface area contributed by atoms with E-state index in [4.69, 9.17) is 10.5 Å². The Balaban J connectivity index is 2.00. The summed E-state index contributed by atoms with van der Waals surface area (Å²) < 4.78 is 21.3. The van der Waals surface area contributed by atoms with E-state index in [9.17, 15) is 9.18 Å². The maximum atomic E-state index is 14.4. The van der Waals surface area contributed by atoms with E-state index in [0.717, 1.165) is 5.82 Å². The molecule has 1 amide bonds. The summed E-state index contributed by atoms with van der Waals surface area (Å²) in [5.74, 6) is 0.787. The van der Waals surface area contributed by atoms with Crippen LogP contribution >= 0.6 is 0 Å². The fourth-order valence-corrected chi connectivity index (χ4v) is 2.74. The van der Waals surface area contributed by atoms with E-state index in [1.54, 1.807) is 38.7 Å². The summed E-state index contributed by atoms with van der Waals surface area (Å²) in [4.78, 5) is 13.9. The van der Waals surface area contributed by atoms with Crippen molar-refractivity contribution in [2.45, 2.75) is 51.4 Å². The molecule has 2 atom stereocenters. The molecule has 1 aromatic heterocycles. The predicted molar refractivity (Wildman–Crippen MR) is 87.1 cm³/mol. The van der Waals surface area contributed by atoms with Crippen LogP contribution in [0.15, 0.2) is 6.20 Å². The molecule has 23 heavy (non-hydrogen) atoms. The summed E-state index contributed by atoms with van der Waals surface area (Å²) in [5.41, 5.74) is 5.90. The van der Waals surface area contributed by atoms with Gasteiger partial charge >= 0.3 is 6.09 Å². The van der Waals surface area contributed by atoms with Gasteiger partial charge in [0.2, 0.25) is 0 Å². The quantitative estimate of drug-likeness (QED) is 0.865. The first-order valence-corrected chi connectivity index (χ1v) is 7.83. The largest absolute Gasteiger partial charge is 0.444 e. The van der Waals surface area contributed by atoms with Gasteiger partial charge in [-0.3, -0.25) is 4.68 Å². The number of halogens is 1. The Morgan fingerprint density at radius 3 is 2.65 bits per heavy atom. The van der Waals surface area contributed by atoms with Gasteiger partial charge in [0.15, 0.2) is 0 Å². The summed E-state index contributed by atoms with van der Waals surface area (Å²) in [5, 5.41) is 6.76. The lowest BCUT2D eigenvalue weighted by atomic mass is 10.1. The smallest absolute Gasteiger partial charge is 0.407 e. The first-order chi connectivity index (χ1) is 10.7. The van der Waals surface area contributed by atoms with Crippen LogP contribution in [0.25, 0.3) is 0 Å². The van der Waals surface area contributed by atoms with Gasteiger partial charge in [0.05, 0.1) is 17.9 Å². The third kappa shape index (κ3) is 4.49. The maximum absolute atomic E-state index is 14.4. The van der Waals surface area contributed by atoms with Crippen LogP contribution in [0.1, 0.15) is 33.6 Å². The number of alkyl halides is 1. The van der Waals surface area contributed by atoms with Gasteiger partial charge in [-0.2, -0.15) is 5.10 Å². The molecule has 0 spiro atoms. The van der Waals surface area contributed by atoms with Crippen LogP contribution in [0.3, 0.4) is 0 Å². The number of alkyl carbamates (subject to hydrolysis) is 1. The second kappa shape index (κ2) is 6.64. The fraction of sp³-hybridized carbons (Fsp3) is 0.733. The van der Waals surface area contributed by atoms with E-state index < -0.39 is 23.9 Å². The minimum absolute atomic E-state index is 0.311. The van der Waals surface area contributed by atoms with Gasteiger partial charge in [-0.05, 0) is 33.6 Å². The number of nitrogens with zero attached hydrogens (tertiary/aromatic N) is 3. The van der Waals surface area contributed by atoms with Crippen molar-refractivity contribution in [3.05, 3.63) is 6.20 Å². The number of nitrogens with one attached hydrogen (secondary N) is 1. The number of aromatic nitrogens is 2. The van der Waals surface area contributed by atoms with Crippen molar-refractivity contribution in [3.8, 4) is 0 Å². The first-order valence-electron chi connectivity index (χ1n) is 7.83. The lowest BCUT2D eigenvalue weighted by Crippen LogP contribution is -2.44. The molecule has 0 bridgehead atoms. The number of nitrogen functional groups attached to an aromatic ring is 1. The highest BCUT2D eigenvalue weighted by Gasteiger charge is 2.30. The van der Waals surface area contributed by atoms with E-state index >= 15 is 0 Å². The highest BCUT2D eigenvalue weighted by atomic mass is 19.1. The molecule has 3 N–H and O–H groups in total. The number of carbonyl (C=O) groups excluding carboxylic acids is 1. The van der Waals surface area contributed by atoms with Crippen LogP contribution in [0.4, 0.5) is 20.7 Å². The second-order valence-corrected chi connectivity index (χ2v) is 6.88. The lowest BCUT2D eigenvalue weighted by molar-refractivity contribution is 0.0472. The van der Waals surface area contributed by atoms with Crippen LogP contribution in [0.2, 0.25) is 0 Å². The van der Waals surface area contributed by atoms with E-state index in [0.29, 0.717) is 31.6 Å². The maximum Gasteiger partial charge on any atom is 0.407 e. The van der Waals surface area contributed by atoms with Crippen molar-refractivity contribution in [1.82, 2.24) is 15.1 Å². The number of rotatable bonds is 2. The van der Waals surface area contributed by atoms with Gasteiger partial charge in [-0.25, -0.2) is 9.18 Å². The van der Waals surface area contributed by atoms with Crippen molar-refractivity contribution in [2.24, 2.45) is 7.05 Å². The SMILES string of the molecule is Cn1ncc(N)c1N1CCC(F)C(NC(=O)OC(C)(C)C)CC1. The Hall–Kier alpha value is -1.99. The Morgan fingerprint density at radius 2 is 2.09 bits per heavy atom. The number of hydrogen-bond donors (Lipinski definition) is 2. The highest BCUT2D eigenvalue weighted by molar-refractivity contribution is 5.68. The molecule has 130 valence electrons. The molecule has 2 rings (SSSR count). The fourth-order valence-electron chi connectivity index (χ4n) is 2.74. The van der Waals surface area contributed by atoms with Crippen molar-refractivity contribution in [2.75, 3.05) is 23.7 Å². The molecule has 7 nitrogen and oxygen atoms in total. The summed E-state index contributed by atoms with van der Waals surface area (Å²) >= 11 is 0. The van der Waals surface area contributed by atoms with Crippen LogP contribution in [-0.2, 0) is 11.8 Å². The second-order valence-electron chi connectivity index (χ2n) is 6.88. The van der Waals surface area contributed by atoms with Gasteiger partial charge in [-0.1, -0.05) is 0 Å². The van der Waals surface area contributed by atoms with Gasteiger partial charge in [0.25, 0.3) is 0 Å². The molecule has 1 aliphatic heterocycles. The number of ether oxygens (including phenoxy) is 1. The first kappa shape index (κ1) is 17.4. The zero-order chi connectivity index (χ0) is 17.2. The lowest BCUT2D eigenvalue weighted by Gasteiger charge is -2.24. The topological polar surface area (TPSA) is 85.4 Å². The van der Waals surface area contributed by atoms with Crippen molar-refractivity contribution >= 4 is 17.6 Å². The molecule has 0 aromatic carbocycles. The van der Waals surface area contributed by atoms with E-state index in [2.05, 4.69) is 10.4 Å². The minimum atomic E-state index is -1.12. The van der Waals surface area contributed by atoms with E-state index in [-0.39, 0.29) is 0 Å². The molecule has 1 aromatic rings. The van der Waals surface area contributed by atoms with Gasteiger partial charge in [-0.15, -0.1) is 0 Å². The number of amides is 1. The van der Waals surface area contributed by atoms with Crippen LogP contribution < -0.4 is 16.0 Å². The average Bonchev–Trinajstić information content (AvgIpc) is 2.64. The molecule has 1 aliphatic rings. The zero-order valence-corrected chi connectivity index (χ0v) is 14.2. The van der Waals surface area contributed by atoms with Gasteiger partial charge < -0.3 is 20.7 Å². The van der Waals surface area contributed by atoms with Crippen LogP contribution in [-0.4, -0.2) is 46.8 Å². The molecular formula is C15H26FN5O2. The third-order valence-corrected chi connectivity index (χ3v) is 3.76. The monoisotopic (exact) mass is 327 g/mol. The molecule has 2 unspecified atom stereocenters. The standard InChI is InChI=1S/C15H26FN5O2/c1-15(2,3)23-14(22)19-12-6-8-21(7-5-10(12)16)13-11(17)9-18-20(13)4/h9-10,12H,5-8,17H2,1-4H3,(H,19,22). The molecule has 0 saturated carbocycles. The molecule has 1 saturated heterocycles. The van der Waals surface area contributed by atoms with E-state index in [1.165, 1.54) is 0 Å². The van der Waals surface area contributed by atoms with E-state index in [1.807, 2.05) is 4.90 Å². The molecule has 2 heterocycles. The molecule has 8 heteroatoms. The summed E-state index contributed by atoms with van der Waals surface area (Å²) in [7, 11) is 1.81. The number of anilines is 2. The number of carbonyl (C=O) groups is 1. The zero-order valence-electron chi connectivity index (χ0n) is 14.2. The van der Waals surface area contributed by atoms with Gasteiger partial charge in [0.1, 0.15) is 17.6 Å². The average molecular weight is 327 g/mol. The highest BCUT2D eigenvalue weighted by Crippen LogP contribution is 2.26. The van der Waals surface area contributed by atoms with Crippen LogP contribution in [0.5, 0.6) is 0 Å². The summed E-state index contributed by atoms with van der Waals surface area (Å²) in [6.45, 7) is 6.45. The van der Waals surface area contributed by atoms with Crippen molar-refractivity contribution < 1.29 is 13.9 Å².